The molecule has 2 aromatic carbocycles. The average molecular weight is 363 g/mol. The molecule has 0 radical (unpaired) electrons. The molecule has 114 valence electrons. The Hall–Kier alpha value is -2.34. The molecule has 22 heavy (non-hydrogen) atoms. The Labute approximate surface area is 136 Å². The lowest BCUT2D eigenvalue weighted by Crippen LogP contribution is -2.41. The largest absolute Gasteiger partial charge is 0.494 e. The van der Waals surface area contributed by atoms with E-state index in [0.717, 1.165) is 0 Å². The number of nitrogens with one attached hydrogen (secondary N) is 2. The summed E-state index contributed by atoms with van der Waals surface area (Å²) in [7, 11) is 0. The molecule has 0 spiro atoms. The number of halogens is 1. The van der Waals surface area contributed by atoms with Crippen LogP contribution in [0.15, 0.2) is 53.0 Å². The zero-order chi connectivity index (χ0) is 15.9. The number of carbonyl (C=O) groups excluding carboxylic acids is 2. The molecule has 0 saturated heterocycles. The van der Waals surface area contributed by atoms with E-state index in [1.54, 1.807) is 48.5 Å². The van der Waals surface area contributed by atoms with Gasteiger partial charge in [-0.05, 0) is 53.2 Å². The monoisotopic (exact) mass is 362 g/mol. The second kappa shape index (κ2) is 7.61. The number of ether oxygens (including phenoxy) is 1. The Morgan fingerprint density at radius 1 is 1.05 bits per heavy atom. The summed E-state index contributed by atoms with van der Waals surface area (Å²) in [6.45, 7) is 2.38. The number of hydrogen-bond acceptors (Lipinski definition) is 3. The predicted molar refractivity (Wildman–Crippen MR) is 86.7 cm³/mol. The highest BCUT2D eigenvalue weighted by atomic mass is 79.9. The van der Waals surface area contributed by atoms with Gasteiger partial charge >= 0.3 is 0 Å². The molecule has 0 unspecified atom stereocenters. The van der Waals surface area contributed by atoms with Gasteiger partial charge in [-0.1, -0.05) is 18.2 Å². The van der Waals surface area contributed by atoms with Crippen molar-refractivity contribution in [2.24, 2.45) is 0 Å². The summed E-state index contributed by atoms with van der Waals surface area (Å²) in [4.78, 5) is 24.0. The molecule has 0 bridgehead atoms. The molecule has 0 aromatic heterocycles. The molecule has 6 heteroatoms. The predicted octanol–water partition coefficient (Wildman–Crippen LogP) is 2.92. The van der Waals surface area contributed by atoms with Gasteiger partial charge in [0.1, 0.15) is 5.75 Å². The summed E-state index contributed by atoms with van der Waals surface area (Å²) >= 11 is 3.29. The Morgan fingerprint density at radius 3 is 2.50 bits per heavy atom. The maximum atomic E-state index is 12.0. The van der Waals surface area contributed by atoms with Gasteiger partial charge < -0.3 is 4.74 Å². The van der Waals surface area contributed by atoms with E-state index in [1.807, 2.05) is 6.92 Å². The van der Waals surface area contributed by atoms with E-state index in [0.29, 0.717) is 28.0 Å². The van der Waals surface area contributed by atoms with Crippen molar-refractivity contribution in [3.05, 3.63) is 64.1 Å². The molecule has 0 atom stereocenters. The van der Waals surface area contributed by atoms with E-state index in [1.165, 1.54) is 0 Å². The van der Waals surface area contributed by atoms with Crippen LogP contribution in [0.1, 0.15) is 27.6 Å². The minimum absolute atomic E-state index is 0.401. The molecule has 2 N–H and O–H groups in total. The molecule has 0 aliphatic heterocycles. The summed E-state index contributed by atoms with van der Waals surface area (Å²) in [5, 5.41) is 0. The van der Waals surface area contributed by atoms with Gasteiger partial charge in [-0.3, -0.25) is 20.4 Å². The number of rotatable bonds is 4. The van der Waals surface area contributed by atoms with Crippen molar-refractivity contribution in [2.75, 3.05) is 6.61 Å². The molecule has 0 saturated carbocycles. The highest BCUT2D eigenvalue weighted by Crippen LogP contribution is 2.15. The van der Waals surface area contributed by atoms with Crippen molar-refractivity contribution in [3.8, 4) is 5.75 Å². The molecule has 2 amide bonds. The standard InChI is InChI=1S/C16H15BrN2O3/c1-2-22-12-7-5-6-11(10-12)15(20)18-19-16(21)13-8-3-4-9-14(13)17/h3-10H,2H2,1H3,(H,18,20)(H,19,21). The second-order valence-electron chi connectivity index (χ2n) is 4.35. The van der Waals surface area contributed by atoms with E-state index < -0.39 is 11.8 Å². The van der Waals surface area contributed by atoms with Crippen molar-refractivity contribution in [2.45, 2.75) is 6.92 Å². The third-order valence-corrected chi connectivity index (χ3v) is 3.51. The van der Waals surface area contributed by atoms with Gasteiger partial charge in [0.05, 0.1) is 12.2 Å². The number of hydrazine groups is 1. The minimum Gasteiger partial charge on any atom is -0.494 e. The Balaban J connectivity index is 1.99. The lowest BCUT2D eigenvalue weighted by Gasteiger charge is -2.09. The first kappa shape index (κ1) is 16.0. The van der Waals surface area contributed by atoms with Crippen LogP contribution >= 0.6 is 15.9 Å². The normalized spacial score (nSPS) is 9.91. The summed E-state index contributed by atoms with van der Waals surface area (Å²) in [6, 6.07) is 13.7. The van der Waals surface area contributed by atoms with E-state index in [4.69, 9.17) is 4.74 Å². The fourth-order valence-corrected chi connectivity index (χ4v) is 2.26. The molecular formula is C16H15BrN2O3. The summed E-state index contributed by atoms with van der Waals surface area (Å²) in [5.74, 6) is -0.212. The van der Waals surface area contributed by atoms with Gasteiger partial charge in [-0.15, -0.1) is 0 Å². The number of carbonyl (C=O) groups is 2. The fourth-order valence-electron chi connectivity index (χ4n) is 1.79. The first-order valence-corrected chi connectivity index (χ1v) is 7.49. The van der Waals surface area contributed by atoms with Crippen molar-refractivity contribution in [3.63, 3.8) is 0 Å². The third-order valence-electron chi connectivity index (χ3n) is 2.82. The summed E-state index contributed by atoms with van der Waals surface area (Å²) < 4.78 is 5.99. The lowest BCUT2D eigenvalue weighted by molar-refractivity contribution is 0.0846. The lowest BCUT2D eigenvalue weighted by atomic mass is 10.2. The van der Waals surface area contributed by atoms with Gasteiger partial charge in [-0.2, -0.15) is 0 Å². The Kier molecular flexibility index (Phi) is 5.55. The first-order valence-electron chi connectivity index (χ1n) is 6.70. The van der Waals surface area contributed by atoms with Crippen LogP contribution in [0, 0.1) is 0 Å². The van der Waals surface area contributed by atoms with E-state index in [2.05, 4.69) is 26.8 Å². The third kappa shape index (κ3) is 4.08. The smallest absolute Gasteiger partial charge is 0.270 e. The van der Waals surface area contributed by atoms with Crippen molar-refractivity contribution in [1.82, 2.24) is 10.9 Å². The van der Waals surface area contributed by atoms with Crippen LogP contribution < -0.4 is 15.6 Å². The Bertz CT molecular complexity index is 689. The molecule has 2 rings (SSSR count). The topological polar surface area (TPSA) is 67.4 Å². The van der Waals surface area contributed by atoms with Gasteiger partial charge in [0.15, 0.2) is 0 Å². The minimum atomic E-state index is -0.415. The zero-order valence-electron chi connectivity index (χ0n) is 11.9. The number of hydrogen-bond donors (Lipinski definition) is 2. The molecule has 0 aliphatic rings. The van der Waals surface area contributed by atoms with Gasteiger partial charge in [0, 0.05) is 10.0 Å². The van der Waals surface area contributed by atoms with Gasteiger partial charge in [-0.25, -0.2) is 0 Å². The zero-order valence-corrected chi connectivity index (χ0v) is 13.5. The van der Waals surface area contributed by atoms with Crippen LogP contribution in [0.25, 0.3) is 0 Å². The van der Waals surface area contributed by atoms with Crippen LogP contribution in [0.3, 0.4) is 0 Å². The van der Waals surface area contributed by atoms with Crippen LogP contribution in [-0.2, 0) is 0 Å². The van der Waals surface area contributed by atoms with Crippen LogP contribution in [0.4, 0.5) is 0 Å². The molecule has 5 nitrogen and oxygen atoms in total. The summed E-state index contributed by atoms with van der Waals surface area (Å²) in [6.07, 6.45) is 0. The summed E-state index contributed by atoms with van der Waals surface area (Å²) in [5.41, 5.74) is 5.60. The van der Waals surface area contributed by atoms with Crippen LogP contribution in [0.5, 0.6) is 5.75 Å². The molecule has 0 fully saturated rings. The van der Waals surface area contributed by atoms with E-state index in [9.17, 15) is 9.59 Å². The van der Waals surface area contributed by atoms with E-state index >= 15 is 0 Å². The van der Waals surface area contributed by atoms with Crippen LogP contribution in [-0.4, -0.2) is 18.4 Å². The van der Waals surface area contributed by atoms with Gasteiger partial charge in [0.25, 0.3) is 11.8 Å². The second-order valence-corrected chi connectivity index (χ2v) is 5.20. The van der Waals surface area contributed by atoms with Gasteiger partial charge in [0.2, 0.25) is 0 Å². The number of benzene rings is 2. The van der Waals surface area contributed by atoms with Crippen molar-refractivity contribution >= 4 is 27.7 Å². The van der Waals surface area contributed by atoms with Crippen molar-refractivity contribution < 1.29 is 14.3 Å². The molecular weight excluding hydrogens is 348 g/mol. The van der Waals surface area contributed by atoms with Crippen molar-refractivity contribution in [1.29, 1.82) is 0 Å². The molecule has 2 aromatic rings. The average Bonchev–Trinajstić information content (AvgIpc) is 2.53. The first-order chi connectivity index (χ1) is 10.6. The number of amides is 2. The quantitative estimate of drug-likeness (QED) is 0.821. The maximum Gasteiger partial charge on any atom is 0.270 e. The SMILES string of the molecule is CCOc1cccc(C(=O)NNC(=O)c2ccccc2Br)c1. The molecule has 0 aliphatic carbocycles. The highest BCUT2D eigenvalue weighted by molar-refractivity contribution is 9.10. The van der Waals surface area contributed by atoms with E-state index in [-0.39, 0.29) is 0 Å². The molecule has 0 heterocycles. The fraction of sp³-hybridized carbons (Fsp3) is 0.125. The Morgan fingerprint density at radius 2 is 1.77 bits per heavy atom. The maximum absolute atomic E-state index is 12.0. The highest BCUT2D eigenvalue weighted by Gasteiger charge is 2.11. The van der Waals surface area contributed by atoms with Crippen LogP contribution in [0.2, 0.25) is 0 Å².